The molecular formula is C13H22N4. The van der Waals surface area contributed by atoms with E-state index in [0.717, 1.165) is 42.9 Å². The van der Waals surface area contributed by atoms with Crippen LogP contribution in [0.3, 0.4) is 0 Å². The van der Waals surface area contributed by atoms with Crippen molar-refractivity contribution >= 4 is 5.95 Å². The van der Waals surface area contributed by atoms with E-state index in [0.29, 0.717) is 6.54 Å². The lowest BCUT2D eigenvalue weighted by Gasteiger charge is -2.35. The number of aromatic nitrogens is 2. The molecule has 1 saturated heterocycles. The summed E-state index contributed by atoms with van der Waals surface area (Å²) in [6.07, 6.45) is 5.89. The Kier molecular flexibility index (Phi) is 3.94. The van der Waals surface area contributed by atoms with Gasteiger partial charge in [0.15, 0.2) is 0 Å². The van der Waals surface area contributed by atoms with Gasteiger partial charge in [0, 0.05) is 25.5 Å². The van der Waals surface area contributed by atoms with Gasteiger partial charge in [-0.25, -0.2) is 9.97 Å². The molecule has 1 aliphatic rings. The number of nitrogens with zero attached hydrogens (tertiary/aromatic N) is 3. The minimum Gasteiger partial charge on any atom is -0.341 e. The summed E-state index contributed by atoms with van der Waals surface area (Å²) in [5, 5.41) is 0. The number of rotatable bonds is 3. The Balaban J connectivity index is 2.02. The molecule has 2 rings (SSSR count). The maximum absolute atomic E-state index is 5.51. The van der Waals surface area contributed by atoms with Gasteiger partial charge in [0.05, 0.1) is 0 Å². The molecule has 1 aliphatic heterocycles. The molecule has 2 N–H and O–H groups in total. The lowest BCUT2D eigenvalue weighted by atomic mass is 9.89. The second-order valence-corrected chi connectivity index (χ2v) is 5.12. The van der Waals surface area contributed by atoms with Gasteiger partial charge in [0.2, 0.25) is 5.95 Å². The van der Waals surface area contributed by atoms with Crippen LogP contribution in [-0.2, 0) is 6.42 Å². The highest BCUT2D eigenvalue weighted by Gasteiger charge is 2.23. The van der Waals surface area contributed by atoms with Gasteiger partial charge >= 0.3 is 0 Å². The fourth-order valence-electron chi connectivity index (χ4n) is 2.25. The van der Waals surface area contributed by atoms with Crippen LogP contribution in [0.2, 0.25) is 0 Å². The van der Waals surface area contributed by atoms with Crippen molar-refractivity contribution in [2.24, 2.45) is 17.6 Å². The molecule has 0 aromatic carbocycles. The van der Waals surface area contributed by atoms with E-state index in [4.69, 9.17) is 5.73 Å². The Morgan fingerprint density at radius 2 is 2.00 bits per heavy atom. The van der Waals surface area contributed by atoms with Crippen LogP contribution in [0.15, 0.2) is 12.4 Å². The van der Waals surface area contributed by atoms with Crippen molar-refractivity contribution < 1.29 is 0 Å². The summed E-state index contributed by atoms with van der Waals surface area (Å²) in [6, 6.07) is 0. The largest absolute Gasteiger partial charge is 0.341 e. The van der Waals surface area contributed by atoms with Crippen LogP contribution < -0.4 is 10.6 Å². The Morgan fingerprint density at radius 1 is 1.29 bits per heavy atom. The van der Waals surface area contributed by atoms with Gasteiger partial charge in [-0.05, 0) is 36.8 Å². The average molecular weight is 234 g/mol. The first-order chi connectivity index (χ1) is 8.20. The molecule has 1 fully saturated rings. The molecule has 17 heavy (non-hydrogen) atoms. The molecule has 0 radical (unpaired) electrons. The Morgan fingerprint density at radius 3 is 2.59 bits per heavy atom. The molecule has 1 aromatic rings. The molecule has 94 valence electrons. The van der Waals surface area contributed by atoms with Crippen molar-refractivity contribution in [3.05, 3.63) is 18.0 Å². The van der Waals surface area contributed by atoms with Crippen LogP contribution in [-0.4, -0.2) is 29.6 Å². The second kappa shape index (κ2) is 5.45. The van der Waals surface area contributed by atoms with Crippen molar-refractivity contribution in [2.75, 3.05) is 24.5 Å². The minimum absolute atomic E-state index is 0.654. The number of hydrogen-bond donors (Lipinski definition) is 1. The van der Waals surface area contributed by atoms with E-state index < -0.39 is 0 Å². The van der Waals surface area contributed by atoms with E-state index in [1.165, 1.54) is 6.42 Å². The van der Waals surface area contributed by atoms with Crippen LogP contribution in [0, 0.1) is 11.8 Å². The van der Waals surface area contributed by atoms with E-state index in [2.05, 4.69) is 28.7 Å². The lowest BCUT2D eigenvalue weighted by Crippen LogP contribution is -2.39. The van der Waals surface area contributed by atoms with Gasteiger partial charge in [0.25, 0.3) is 0 Å². The summed E-state index contributed by atoms with van der Waals surface area (Å²) in [5.74, 6) is 2.39. The Bertz CT molecular complexity index is 349. The highest BCUT2D eigenvalue weighted by molar-refractivity contribution is 5.30. The van der Waals surface area contributed by atoms with Gasteiger partial charge in [-0.1, -0.05) is 13.8 Å². The van der Waals surface area contributed by atoms with Crippen LogP contribution in [0.1, 0.15) is 25.8 Å². The van der Waals surface area contributed by atoms with Gasteiger partial charge < -0.3 is 10.6 Å². The van der Waals surface area contributed by atoms with Crippen LogP contribution in [0.5, 0.6) is 0 Å². The number of piperidine rings is 1. The van der Waals surface area contributed by atoms with Crippen LogP contribution in [0.4, 0.5) is 5.95 Å². The van der Waals surface area contributed by atoms with Crippen molar-refractivity contribution in [1.29, 1.82) is 0 Å². The van der Waals surface area contributed by atoms with Gasteiger partial charge in [-0.2, -0.15) is 0 Å². The predicted octanol–water partition coefficient (Wildman–Crippen LogP) is 1.46. The quantitative estimate of drug-likeness (QED) is 0.860. The topological polar surface area (TPSA) is 55.0 Å². The molecule has 0 bridgehead atoms. The highest BCUT2D eigenvalue weighted by Crippen LogP contribution is 2.24. The molecular weight excluding hydrogens is 212 g/mol. The summed E-state index contributed by atoms with van der Waals surface area (Å²) in [4.78, 5) is 11.2. The van der Waals surface area contributed by atoms with E-state index >= 15 is 0 Å². The standard InChI is InChI=1S/C13H22N4/c1-10-4-6-17(9-11(10)2)13-15-7-12(3-5-14)8-16-13/h7-8,10-11H,3-6,9,14H2,1-2H3. The highest BCUT2D eigenvalue weighted by atomic mass is 15.2. The molecule has 2 atom stereocenters. The van der Waals surface area contributed by atoms with Crippen LogP contribution in [0.25, 0.3) is 0 Å². The number of anilines is 1. The monoisotopic (exact) mass is 234 g/mol. The molecule has 0 amide bonds. The molecule has 4 heteroatoms. The molecule has 2 unspecified atom stereocenters. The van der Waals surface area contributed by atoms with Crippen molar-refractivity contribution in [1.82, 2.24) is 9.97 Å². The summed E-state index contributed by atoms with van der Waals surface area (Å²) in [7, 11) is 0. The fraction of sp³-hybridized carbons (Fsp3) is 0.692. The third-order valence-corrected chi connectivity index (χ3v) is 3.74. The van der Waals surface area contributed by atoms with Gasteiger partial charge in [-0.3, -0.25) is 0 Å². The third-order valence-electron chi connectivity index (χ3n) is 3.74. The first-order valence-electron chi connectivity index (χ1n) is 6.46. The number of hydrogen-bond acceptors (Lipinski definition) is 4. The van der Waals surface area contributed by atoms with Gasteiger partial charge in [-0.15, -0.1) is 0 Å². The first-order valence-corrected chi connectivity index (χ1v) is 6.46. The molecule has 0 spiro atoms. The van der Waals surface area contributed by atoms with E-state index in [1.54, 1.807) is 0 Å². The molecule has 0 saturated carbocycles. The Hall–Kier alpha value is -1.16. The number of nitrogens with two attached hydrogens (primary N) is 1. The zero-order chi connectivity index (χ0) is 12.3. The van der Waals surface area contributed by atoms with E-state index in [1.807, 2.05) is 12.4 Å². The van der Waals surface area contributed by atoms with Crippen molar-refractivity contribution in [3.63, 3.8) is 0 Å². The average Bonchev–Trinajstić information content (AvgIpc) is 2.34. The second-order valence-electron chi connectivity index (χ2n) is 5.12. The summed E-state index contributed by atoms with van der Waals surface area (Å²) in [6.45, 7) is 7.42. The van der Waals surface area contributed by atoms with Crippen molar-refractivity contribution in [3.8, 4) is 0 Å². The lowest BCUT2D eigenvalue weighted by molar-refractivity contribution is 0.321. The first kappa shape index (κ1) is 12.3. The van der Waals surface area contributed by atoms with Gasteiger partial charge in [0.1, 0.15) is 0 Å². The third kappa shape index (κ3) is 2.94. The van der Waals surface area contributed by atoms with Crippen molar-refractivity contribution in [2.45, 2.75) is 26.7 Å². The zero-order valence-electron chi connectivity index (χ0n) is 10.8. The minimum atomic E-state index is 0.654. The molecule has 2 heterocycles. The SMILES string of the molecule is CC1CCN(c2ncc(CCN)cn2)CC1C. The fourth-order valence-corrected chi connectivity index (χ4v) is 2.25. The van der Waals surface area contributed by atoms with E-state index in [9.17, 15) is 0 Å². The smallest absolute Gasteiger partial charge is 0.225 e. The maximum Gasteiger partial charge on any atom is 0.225 e. The maximum atomic E-state index is 5.51. The van der Waals surface area contributed by atoms with E-state index in [-0.39, 0.29) is 0 Å². The normalized spacial score (nSPS) is 25.0. The Labute approximate surface area is 103 Å². The summed E-state index contributed by atoms with van der Waals surface area (Å²) < 4.78 is 0. The zero-order valence-corrected chi connectivity index (χ0v) is 10.8. The summed E-state index contributed by atoms with van der Waals surface area (Å²) >= 11 is 0. The summed E-state index contributed by atoms with van der Waals surface area (Å²) in [5.41, 5.74) is 6.63. The van der Waals surface area contributed by atoms with Crippen LogP contribution >= 0.6 is 0 Å². The predicted molar refractivity (Wildman–Crippen MR) is 69.9 cm³/mol. The molecule has 1 aromatic heterocycles. The molecule has 0 aliphatic carbocycles. The molecule has 4 nitrogen and oxygen atoms in total.